The van der Waals surface area contributed by atoms with Gasteiger partial charge in [-0.15, -0.1) is 0 Å². The molecule has 20 heavy (non-hydrogen) atoms. The number of aromatic nitrogens is 3. The third-order valence-corrected chi connectivity index (χ3v) is 3.79. The summed E-state index contributed by atoms with van der Waals surface area (Å²) in [5, 5.41) is 0. The van der Waals surface area contributed by atoms with E-state index in [1.807, 2.05) is 25.1 Å². The molecule has 1 saturated carbocycles. The summed E-state index contributed by atoms with van der Waals surface area (Å²) >= 11 is 0. The van der Waals surface area contributed by atoms with Crippen LogP contribution in [0.25, 0.3) is 11.4 Å². The third kappa shape index (κ3) is 2.31. The lowest BCUT2D eigenvalue weighted by molar-refractivity contribution is 0.420. The largest absolute Gasteiger partial charge is 0.368 e. The Balaban J connectivity index is 2.08. The highest BCUT2D eigenvalue weighted by Crippen LogP contribution is 2.40. The Morgan fingerprint density at radius 3 is 2.50 bits per heavy atom. The molecule has 0 bridgehead atoms. The van der Waals surface area contributed by atoms with Crippen LogP contribution in [0.4, 0.5) is 11.9 Å². The van der Waals surface area contributed by atoms with Crippen molar-refractivity contribution < 1.29 is 0 Å². The predicted molar refractivity (Wildman–Crippen MR) is 80.6 cm³/mol. The molecule has 1 aliphatic rings. The average Bonchev–Trinajstić information content (AvgIpc) is 2.36. The maximum absolute atomic E-state index is 5.82. The second kappa shape index (κ2) is 5.07. The standard InChI is InChI=1S/C15H19N5/c1-20(2)15-18-13(17-14(16)19-15)12-9-4-3-8-11(12)10-6-5-7-10/h3-4,8-10H,5-7H2,1-2H3,(H2,16,17,18,19). The van der Waals surface area contributed by atoms with Gasteiger partial charge in [-0.05, 0) is 24.3 Å². The zero-order valence-corrected chi connectivity index (χ0v) is 11.9. The second-order valence-electron chi connectivity index (χ2n) is 5.43. The van der Waals surface area contributed by atoms with Crippen LogP contribution in [0.2, 0.25) is 0 Å². The van der Waals surface area contributed by atoms with Gasteiger partial charge in [0.15, 0.2) is 5.82 Å². The first-order valence-corrected chi connectivity index (χ1v) is 6.93. The Labute approximate surface area is 118 Å². The first-order chi connectivity index (χ1) is 9.65. The number of rotatable bonds is 3. The first-order valence-electron chi connectivity index (χ1n) is 6.93. The second-order valence-corrected chi connectivity index (χ2v) is 5.43. The van der Waals surface area contributed by atoms with E-state index in [-0.39, 0.29) is 5.95 Å². The summed E-state index contributed by atoms with van der Waals surface area (Å²) in [5.74, 6) is 2.16. The number of benzene rings is 1. The molecule has 0 saturated heterocycles. The van der Waals surface area contributed by atoms with Crippen molar-refractivity contribution in [1.82, 2.24) is 15.0 Å². The van der Waals surface area contributed by atoms with Crippen LogP contribution in [-0.4, -0.2) is 29.0 Å². The molecule has 2 aromatic rings. The van der Waals surface area contributed by atoms with Crippen molar-refractivity contribution in [2.75, 3.05) is 24.7 Å². The van der Waals surface area contributed by atoms with Gasteiger partial charge in [0, 0.05) is 19.7 Å². The summed E-state index contributed by atoms with van der Waals surface area (Å²) in [6, 6.07) is 8.34. The van der Waals surface area contributed by atoms with Crippen molar-refractivity contribution in [2.24, 2.45) is 0 Å². The van der Waals surface area contributed by atoms with Gasteiger partial charge < -0.3 is 10.6 Å². The van der Waals surface area contributed by atoms with Crippen LogP contribution < -0.4 is 10.6 Å². The van der Waals surface area contributed by atoms with Crippen LogP contribution in [-0.2, 0) is 0 Å². The normalized spacial score (nSPS) is 14.9. The van der Waals surface area contributed by atoms with E-state index in [0.29, 0.717) is 17.7 Å². The molecule has 0 amide bonds. The highest BCUT2D eigenvalue weighted by molar-refractivity contribution is 5.63. The Morgan fingerprint density at radius 1 is 1.10 bits per heavy atom. The number of anilines is 2. The van der Waals surface area contributed by atoms with Gasteiger partial charge in [-0.1, -0.05) is 30.7 Å². The highest BCUT2D eigenvalue weighted by atomic mass is 15.3. The molecule has 2 N–H and O–H groups in total. The molecule has 0 unspecified atom stereocenters. The fraction of sp³-hybridized carbons (Fsp3) is 0.400. The van der Waals surface area contributed by atoms with Crippen LogP contribution in [0, 0.1) is 0 Å². The van der Waals surface area contributed by atoms with E-state index >= 15 is 0 Å². The molecule has 3 rings (SSSR count). The lowest BCUT2D eigenvalue weighted by Gasteiger charge is -2.27. The number of nitrogens with two attached hydrogens (primary N) is 1. The average molecular weight is 269 g/mol. The fourth-order valence-electron chi connectivity index (χ4n) is 2.48. The smallest absolute Gasteiger partial charge is 0.230 e. The highest BCUT2D eigenvalue weighted by Gasteiger charge is 2.23. The molecule has 5 heteroatoms. The molecule has 104 valence electrons. The number of hydrogen-bond donors (Lipinski definition) is 1. The van der Waals surface area contributed by atoms with Crippen LogP contribution in [0.5, 0.6) is 0 Å². The van der Waals surface area contributed by atoms with Gasteiger partial charge in [-0.25, -0.2) is 0 Å². The zero-order valence-electron chi connectivity index (χ0n) is 11.9. The zero-order chi connectivity index (χ0) is 14.1. The van der Waals surface area contributed by atoms with E-state index in [9.17, 15) is 0 Å². The van der Waals surface area contributed by atoms with Crippen LogP contribution in [0.1, 0.15) is 30.7 Å². The topological polar surface area (TPSA) is 67.9 Å². The van der Waals surface area contributed by atoms with Gasteiger partial charge in [0.1, 0.15) is 0 Å². The van der Waals surface area contributed by atoms with Gasteiger partial charge in [0.25, 0.3) is 0 Å². The monoisotopic (exact) mass is 269 g/mol. The molecule has 1 aromatic carbocycles. The van der Waals surface area contributed by atoms with Crippen molar-refractivity contribution in [3.63, 3.8) is 0 Å². The summed E-state index contributed by atoms with van der Waals surface area (Å²) in [6.07, 6.45) is 3.80. The van der Waals surface area contributed by atoms with Crippen LogP contribution in [0.3, 0.4) is 0 Å². The van der Waals surface area contributed by atoms with Crippen molar-refractivity contribution in [1.29, 1.82) is 0 Å². The van der Waals surface area contributed by atoms with Gasteiger partial charge >= 0.3 is 0 Å². The fourth-order valence-corrected chi connectivity index (χ4v) is 2.48. The van der Waals surface area contributed by atoms with Gasteiger partial charge in [-0.3, -0.25) is 0 Å². The quantitative estimate of drug-likeness (QED) is 0.927. The molecule has 1 aromatic heterocycles. The van der Waals surface area contributed by atoms with Gasteiger partial charge in [0.05, 0.1) is 0 Å². The molecule has 5 nitrogen and oxygen atoms in total. The Kier molecular flexibility index (Phi) is 3.26. The Morgan fingerprint density at radius 2 is 1.85 bits per heavy atom. The SMILES string of the molecule is CN(C)c1nc(N)nc(-c2ccccc2C2CCC2)n1. The maximum Gasteiger partial charge on any atom is 0.230 e. The van der Waals surface area contributed by atoms with Crippen LogP contribution in [0.15, 0.2) is 24.3 Å². The van der Waals surface area contributed by atoms with E-state index in [1.165, 1.54) is 24.8 Å². The maximum atomic E-state index is 5.82. The molecule has 1 fully saturated rings. The number of nitrogens with zero attached hydrogens (tertiary/aromatic N) is 4. The van der Waals surface area contributed by atoms with E-state index in [1.54, 1.807) is 0 Å². The number of hydrogen-bond acceptors (Lipinski definition) is 5. The molecule has 0 aliphatic heterocycles. The summed E-state index contributed by atoms with van der Waals surface area (Å²) in [4.78, 5) is 14.8. The van der Waals surface area contributed by atoms with E-state index in [4.69, 9.17) is 5.73 Å². The van der Waals surface area contributed by atoms with E-state index < -0.39 is 0 Å². The van der Waals surface area contributed by atoms with Crippen molar-refractivity contribution in [3.05, 3.63) is 29.8 Å². The lowest BCUT2D eigenvalue weighted by Crippen LogP contribution is -2.16. The van der Waals surface area contributed by atoms with Gasteiger partial charge in [-0.2, -0.15) is 15.0 Å². The first kappa shape index (κ1) is 12.8. The number of nitrogen functional groups attached to an aromatic ring is 1. The summed E-state index contributed by atoms with van der Waals surface area (Å²) in [5.41, 5.74) is 8.22. The minimum atomic E-state index is 0.266. The predicted octanol–water partition coefficient (Wildman–Crippen LogP) is 2.45. The van der Waals surface area contributed by atoms with E-state index in [2.05, 4.69) is 33.2 Å². The van der Waals surface area contributed by atoms with Crippen molar-refractivity contribution in [3.8, 4) is 11.4 Å². The summed E-state index contributed by atoms with van der Waals surface area (Å²) in [7, 11) is 3.80. The van der Waals surface area contributed by atoms with Crippen LogP contribution >= 0.6 is 0 Å². The lowest BCUT2D eigenvalue weighted by atomic mass is 9.78. The molecular formula is C15H19N5. The Bertz CT molecular complexity index is 619. The van der Waals surface area contributed by atoms with Crippen molar-refractivity contribution in [2.45, 2.75) is 25.2 Å². The van der Waals surface area contributed by atoms with Crippen molar-refractivity contribution >= 4 is 11.9 Å². The molecule has 1 heterocycles. The molecule has 0 atom stereocenters. The minimum absolute atomic E-state index is 0.266. The summed E-state index contributed by atoms with van der Waals surface area (Å²) in [6.45, 7) is 0. The molecule has 0 radical (unpaired) electrons. The minimum Gasteiger partial charge on any atom is -0.368 e. The Hall–Kier alpha value is -2.17. The summed E-state index contributed by atoms with van der Waals surface area (Å²) < 4.78 is 0. The molecular weight excluding hydrogens is 250 g/mol. The van der Waals surface area contributed by atoms with Gasteiger partial charge in [0.2, 0.25) is 11.9 Å². The molecule has 0 spiro atoms. The molecule has 1 aliphatic carbocycles. The van der Waals surface area contributed by atoms with E-state index in [0.717, 1.165) is 5.56 Å². The third-order valence-electron chi connectivity index (χ3n) is 3.79.